The highest BCUT2D eigenvalue weighted by Gasteiger charge is 2.47. The van der Waals surface area contributed by atoms with Gasteiger partial charge in [-0.2, -0.15) is 5.26 Å². The number of nitrogens with zero attached hydrogens (tertiary/aromatic N) is 5. The SMILES string of the molecule is N#CC1(n2cc([C@@H](NC(=O)C3CN=CS3)C3CCCCC3)nn2)CC1. The van der Waals surface area contributed by atoms with E-state index >= 15 is 0 Å². The van der Waals surface area contributed by atoms with Crippen LogP contribution < -0.4 is 5.32 Å². The molecular formula is C17H22N6OS. The van der Waals surface area contributed by atoms with Crippen LogP contribution in [0.4, 0.5) is 0 Å². The van der Waals surface area contributed by atoms with E-state index in [2.05, 4.69) is 26.7 Å². The van der Waals surface area contributed by atoms with E-state index in [4.69, 9.17) is 0 Å². The van der Waals surface area contributed by atoms with Crippen LogP contribution in [0, 0.1) is 17.2 Å². The second-order valence-electron chi connectivity index (χ2n) is 7.21. The maximum Gasteiger partial charge on any atom is 0.235 e. The van der Waals surface area contributed by atoms with Gasteiger partial charge >= 0.3 is 0 Å². The van der Waals surface area contributed by atoms with Crippen molar-refractivity contribution >= 4 is 23.2 Å². The minimum absolute atomic E-state index is 0.0223. The molecule has 1 aromatic heterocycles. The van der Waals surface area contributed by atoms with Crippen LogP contribution in [-0.2, 0) is 10.3 Å². The number of aliphatic imine (C=N–C) groups is 1. The molecule has 1 aliphatic heterocycles. The smallest absolute Gasteiger partial charge is 0.235 e. The molecule has 132 valence electrons. The molecule has 2 atom stereocenters. The topological polar surface area (TPSA) is 96.0 Å². The van der Waals surface area contributed by atoms with Crippen molar-refractivity contribution in [3.63, 3.8) is 0 Å². The first kappa shape index (κ1) is 16.6. The predicted octanol–water partition coefficient (Wildman–Crippen LogP) is 2.17. The van der Waals surface area contributed by atoms with Crippen LogP contribution in [0.2, 0.25) is 0 Å². The lowest BCUT2D eigenvalue weighted by Gasteiger charge is -2.30. The van der Waals surface area contributed by atoms with Gasteiger partial charge in [0.2, 0.25) is 5.91 Å². The summed E-state index contributed by atoms with van der Waals surface area (Å²) in [6, 6.07) is 2.21. The summed E-state index contributed by atoms with van der Waals surface area (Å²) in [5, 5.41) is 21.0. The Labute approximate surface area is 151 Å². The maximum atomic E-state index is 12.6. The molecule has 25 heavy (non-hydrogen) atoms. The summed E-state index contributed by atoms with van der Waals surface area (Å²) in [5.74, 6) is 0.404. The molecule has 7 nitrogen and oxygen atoms in total. The molecule has 3 aliphatic rings. The van der Waals surface area contributed by atoms with E-state index in [0.717, 1.165) is 31.4 Å². The summed E-state index contributed by atoms with van der Waals surface area (Å²) in [7, 11) is 0. The molecule has 1 aromatic rings. The van der Waals surface area contributed by atoms with Crippen molar-refractivity contribution in [1.82, 2.24) is 20.3 Å². The predicted molar refractivity (Wildman–Crippen MR) is 95.0 cm³/mol. The van der Waals surface area contributed by atoms with Gasteiger partial charge in [0, 0.05) is 0 Å². The lowest BCUT2D eigenvalue weighted by molar-refractivity contribution is -0.121. The molecule has 0 bridgehead atoms. The average Bonchev–Trinajstić information content (AvgIpc) is 3.05. The lowest BCUT2D eigenvalue weighted by Crippen LogP contribution is -2.40. The standard InChI is InChI=1S/C17H22N6OS/c18-10-17(6-7-17)23-9-13(21-22-23)15(12-4-2-1-3-5-12)20-16(24)14-8-19-11-25-14/h9,11-12,14-15H,1-8H2,(H,20,24)/t14?,15-/m0/s1. The van der Waals surface area contributed by atoms with Gasteiger partial charge in [0.15, 0.2) is 5.54 Å². The van der Waals surface area contributed by atoms with Gasteiger partial charge in [-0.1, -0.05) is 36.2 Å². The molecular weight excluding hydrogens is 336 g/mol. The number of hydrogen-bond donors (Lipinski definition) is 1. The molecule has 0 saturated heterocycles. The van der Waals surface area contributed by atoms with Gasteiger partial charge in [-0.15, -0.1) is 5.10 Å². The normalized spacial score (nSPS) is 26.1. The Bertz CT molecular complexity index is 705. The summed E-state index contributed by atoms with van der Waals surface area (Å²) < 4.78 is 1.69. The summed E-state index contributed by atoms with van der Waals surface area (Å²) >= 11 is 1.47. The molecule has 2 saturated carbocycles. The van der Waals surface area contributed by atoms with Crippen molar-refractivity contribution in [3.05, 3.63) is 11.9 Å². The van der Waals surface area contributed by atoms with E-state index in [1.165, 1.54) is 31.0 Å². The van der Waals surface area contributed by atoms with Gasteiger partial charge < -0.3 is 5.32 Å². The summed E-state index contributed by atoms with van der Waals surface area (Å²) in [6.45, 7) is 0.540. The fraction of sp³-hybridized carbons (Fsp3) is 0.706. The van der Waals surface area contributed by atoms with Crippen LogP contribution in [0.25, 0.3) is 0 Å². The molecule has 2 heterocycles. The molecule has 1 amide bonds. The summed E-state index contributed by atoms with van der Waals surface area (Å²) in [6.07, 6.45) is 9.33. The number of nitriles is 1. The summed E-state index contributed by atoms with van der Waals surface area (Å²) in [4.78, 5) is 16.8. The first-order valence-electron chi connectivity index (χ1n) is 9.00. The highest BCUT2D eigenvalue weighted by Crippen LogP contribution is 2.43. The second-order valence-corrected chi connectivity index (χ2v) is 8.26. The monoisotopic (exact) mass is 358 g/mol. The third-order valence-corrected chi connectivity index (χ3v) is 6.44. The fourth-order valence-corrected chi connectivity index (χ4v) is 4.41. The Morgan fingerprint density at radius 1 is 1.40 bits per heavy atom. The Balaban J connectivity index is 1.54. The van der Waals surface area contributed by atoms with E-state index in [1.54, 1.807) is 10.2 Å². The Hall–Kier alpha value is -1.88. The fourth-order valence-electron chi connectivity index (χ4n) is 3.73. The third kappa shape index (κ3) is 3.30. The minimum Gasteiger partial charge on any atom is -0.346 e. The van der Waals surface area contributed by atoms with Crippen LogP contribution in [-0.4, -0.2) is 38.2 Å². The van der Waals surface area contributed by atoms with Crippen LogP contribution in [0.5, 0.6) is 0 Å². The molecule has 2 fully saturated rings. The van der Waals surface area contributed by atoms with Crippen molar-refractivity contribution in [2.75, 3.05) is 6.54 Å². The molecule has 0 radical (unpaired) electrons. The van der Waals surface area contributed by atoms with Crippen molar-refractivity contribution in [2.24, 2.45) is 10.9 Å². The Kier molecular flexibility index (Phi) is 4.50. The molecule has 0 aromatic carbocycles. The van der Waals surface area contributed by atoms with Gasteiger partial charge in [-0.3, -0.25) is 9.79 Å². The number of rotatable bonds is 5. The molecule has 2 aliphatic carbocycles. The number of carbonyl (C=O) groups is 1. The van der Waals surface area contributed by atoms with E-state index in [0.29, 0.717) is 12.5 Å². The Morgan fingerprint density at radius 3 is 2.84 bits per heavy atom. The second kappa shape index (κ2) is 6.79. The number of aromatic nitrogens is 3. The van der Waals surface area contributed by atoms with Gasteiger partial charge in [0.1, 0.15) is 10.9 Å². The zero-order valence-corrected chi connectivity index (χ0v) is 14.9. The van der Waals surface area contributed by atoms with Crippen LogP contribution >= 0.6 is 11.8 Å². The molecule has 8 heteroatoms. The van der Waals surface area contributed by atoms with Crippen molar-refractivity contribution in [2.45, 2.75) is 61.8 Å². The van der Waals surface area contributed by atoms with E-state index in [1.807, 2.05) is 6.20 Å². The number of amides is 1. The van der Waals surface area contributed by atoms with E-state index < -0.39 is 5.54 Å². The van der Waals surface area contributed by atoms with Crippen molar-refractivity contribution < 1.29 is 4.79 Å². The quantitative estimate of drug-likeness (QED) is 0.870. The Morgan fingerprint density at radius 2 is 2.20 bits per heavy atom. The largest absolute Gasteiger partial charge is 0.346 e. The zero-order valence-electron chi connectivity index (χ0n) is 14.1. The number of nitrogens with one attached hydrogen (secondary N) is 1. The van der Waals surface area contributed by atoms with Crippen LogP contribution in [0.3, 0.4) is 0 Å². The van der Waals surface area contributed by atoms with Crippen LogP contribution in [0.1, 0.15) is 56.7 Å². The van der Waals surface area contributed by atoms with Crippen LogP contribution in [0.15, 0.2) is 11.2 Å². The zero-order chi connectivity index (χ0) is 17.3. The van der Waals surface area contributed by atoms with E-state index in [9.17, 15) is 10.1 Å². The molecule has 1 unspecified atom stereocenters. The number of carbonyl (C=O) groups excluding carboxylic acids is 1. The van der Waals surface area contributed by atoms with Gasteiger partial charge in [0.25, 0.3) is 0 Å². The average molecular weight is 358 g/mol. The van der Waals surface area contributed by atoms with Gasteiger partial charge in [-0.05, 0) is 31.6 Å². The highest BCUT2D eigenvalue weighted by molar-refractivity contribution is 8.13. The first-order chi connectivity index (χ1) is 12.2. The lowest BCUT2D eigenvalue weighted by atomic mass is 9.82. The van der Waals surface area contributed by atoms with Gasteiger partial charge in [0.05, 0.1) is 30.4 Å². The van der Waals surface area contributed by atoms with Crippen molar-refractivity contribution in [1.29, 1.82) is 5.26 Å². The maximum absolute atomic E-state index is 12.6. The van der Waals surface area contributed by atoms with Crippen molar-refractivity contribution in [3.8, 4) is 6.07 Å². The molecule has 4 rings (SSSR count). The first-order valence-corrected chi connectivity index (χ1v) is 9.94. The highest BCUT2D eigenvalue weighted by atomic mass is 32.2. The minimum atomic E-state index is -0.512. The molecule has 0 spiro atoms. The van der Waals surface area contributed by atoms with Gasteiger partial charge in [-0.25, -0.2) is 4.68 Å². The number of thioether (sulfide) groups is 1. The summed E-state index contributed by atoms with van der Waals surface area (Å²) in [5.41, 5.74) is 2.02. The molecule has 1 N–H and O–H groups in total. The third-order valence-electron chi connectivity index (χ3n) is 5.48. The number of hydrogen-bond acceptors (Lipinski definition) is 6. The van der Waals surface area contributed by atoms with E-state index in [-0.39, 0.29) is 17.2 Å².